The number of fused-ring (bicyclic) bond motifs is 2. The zero-order valence-electron chi connectivity index (χ0n) is 41.8. The second kappa shape index (κ2) is 23.6. The van der Waals surface area contributed by atoms with Gasteiger partial charge in [0.25, 0.3) is 11.8 Å². The Balaban J connectivity index is 0.000000260. The highest BCUT2D eigenvalue weighted by atomic mass is 35.5. The third-order valence-corrected chi connectivity index (χ3v) is 12.5. The van der Waals surface area contributed by atoms with Crippen molar-refractivity contribution in [3.05, 3.63) is 135 Å². The van der Waals surface area contributed by atoms with Gasteiger partial charge in [-0.3, -0.25) is 18.4 Å². The number of carbonyl (C=O) groups excluding carboxylic acids is 2. The van der Waals surface area contributed by atoms with Crippen LogP contribution in [0, 0.1) is 38.2 Å². The first-order chi connectivity index (χ1) is 33.2. The van der Waals surface area contributed by atoms with E-state index < -0.39 is 35.2 Å². The summed E-state index contributed by atoms with van der Waals surface area (Å²) < 4.78 is 65.5. The van der Waals surface area contributed by atoms with Gasteiger partial charge in [-0.2, -0.15) is 27.0 Å². The smallest absolute Gasteiger partial charge is 0.262 e. The van der Waals surface area contributed by atoms with Crippen molar-refractivity contribution < 1.29 is 37.0 Å². The number of nitrogens with two attached hydrogens (primary N) is 2. The summed E-state index contributed by atoms with van der Waals surface area (Å²) in [4.78, 5) is 46.2. The van der Waals surface area contributed by atoms with Gasteiger partial charge in [0.05, 0.1) is 34.7 Å². The number of nitrogens with one attached hydrogen (secondary N) is 1. The average molecular weight is 1050 g/mol. The Labute approximate surface area is 435 Å². The van der Waals surface area contributed by atoms with Crippen LogP contribution in [0.5, 0.6) is 11.5 Å². The number of aromatic nitrogens is 6. The third-order valence-electron chi connectivity index (χ3n) is 12.2. The van der Waals surface area contributed by atoms with Gasteiger partial charge in [-0.1, -0.05) is 25.4 Å². The number of halogens is 4. The van der Waals surface area contributed by atoms with E-state index in [-0.39, 0.29) is 84.4 Å². The summed E-state index contributed by atoms with van der Waals surface area (Å²) >= 11 is 6.36. The van der Waals surface area contributed by atoms with Gasteiger partial charge >= 0.3 is 0 Å². The molecule has 1 fully saturated rings. The predicted octanol–water partition coefficient (Wildman–Crippen LogP) is 10.2. The number of hydrogen-bond acceptors (Lipinski definition) is 11. The van der Waals surface area contributed by atoms with Crippen LogP contribution in [0.3, 0.4) is 0 Å². The van der Waals surface area contributed by atoms with Crippen LogP contribution in [0.25, 0.3) is 11.0 Å². The van der Waals surface area contributed by atoms with Crippen LogP contribution < -0.4 is 26.3 Å². The van der Waals surface area contributed by atoms with Crippen molar-refractivity contribution in [3.63, 3.8) is 0 Å². The Hall–Kier alpha value is -6.22. The highest BCUT2D eigenvalue weighted by Crippen LogP contribution is 2.42. The van der Waals surface area contributed by atoms with Crippen molar-refractivity contribution in [1.29, 1.82) is 0 Å². The summed E-state index contributed by atoms with van der Waals surface area (Å²) in [5.41, 5.74) is 16.4. The highest BCUT2D eigenvalue weighted by Gasteiger charge is 2.34. The van der Waals surface area contributed by atoms with Gasteiger partial charge in [-0.15, -0.1) is 0 Å². The fraction of sp³-hybridized carbons (Fsp3) is 0.373. The Kier molecular flexibility index (Phi) is 18.5. The molecule has 72 heavy (non-hydrogen) atoms. The number of aryl methyl sites for hydroxylation is 3. The molecule has 4 aromatic heterocycles. The Morgan fingerprint density at radius 3 is 1.68 bits per heavy atom. The van der Waals surface area contributed by atoms with Crippen molar-refractivity contribution in [1.82, 2.24) is 33.6 Å². The van der Waals surface area contributed by atoms with Crippen LogP contribution in [-0.2, 0) is 4.74 Å². The number of methoxy groups -OCH3 is 1. The van der Waals surface area contributed by atoms with Gasteiger partial charge in [0.2, 0.25) is 0 Å². The van der Waals surface area contributed by atoms with Gasteiger partial charge in [0, 0.05) is 73.6 Å². The third kappa shape index (κ3) is 11.5. The second-order valence-electron chi connectivity index (χ2n) is 17.9. The summed E-state index contributed by atoms with van der Waals surface area (Å²) in [7, 11) is 1.66. The fourth-order valence-corrected chi connectivity index (χ4v) is 9.01. The Morgan fingerprint density at radius 2 is 1.21 bits per heavy atom. The minimum atomic E-state index is -0.783. The first-order valence-corrected chi connectivity index (χ1v) is 23.3. The van der Waals surface area contributed by atoms with Crippen molar-refractivity contribution in [2.75, 3.05) is 37.0 Å². The van der Waals surface area contributed by atoms with E-state index in [2.05, 4.69) is 15.3 Å². The van der Waals surface area contributed by atoms with Gasteiger partial charge in [0.1, 0.15) is 68.6 Å². The number of ether oxygens (including phenoxy) is 3. The molecule has 1 saturated heterocycles. The van der Waals surface area contributed by atoms with Crippen molar-refractivity contribution >= 4 is 78.8 Å². The fourth-order valence-electron chi connectivity index (χ4n) is 8.80. The largest absolute Gasteiger partial charge is 0.490 e. The number of rotatable bonds is 12. The molecule has 21 heteroatoms. The molecule has 1 aliphatic heterocycles. The summed E-state index contributed by atoms with van der Waals surface area (Å²) in [6.45, 7) is 17.3. The lowest BCUT2D eigenvalue weighted by Gasteiger charge is -2.32. The lowest BCUT2D eigenvalue weighted by Crippen LogP contribution is -2.41. The van der Waals surface area contributed by atoms with Gasteiger partial charge in [0.15, 0.2) is 5.82 Å². The lowest BCUT2D eigenvalue weighted by molar-refractivity contribution is 0.0345. The van der Waals surface area contributed by atoms with Crippen molar-refractivity contribution in [2.45, 2.75) is 105 Å². The zero-order chi connectivity index (χ0) is 50.9. The van der Waals surface area contributed by atoms with Crippen LogP contribution in [0.15, 0.2) is 61.2 Å². The summed E-state index contributed by atoms with van der Waals surface area (Å²) in [5, 5.41) is 2.50. The molecule has 2 amide bonds. The van der Waals surface area contributed by atoms with Gasteiger partial charge in [-0.05, 0) is 103 Å². The molecule has 8 rings (SSSR count). The van der Waals surface area contributed by atoms with Crippen LogP contribution >= 0.6 is 38.6 Å². The highest BCUT2D eigenvalue weighted by molar-refractivity contribution is 7.59. The molecule has 5 heterocycles. The van der Waals surface area contributed by atoms with Crippen LogP contribution in [0.2, 0.25) is 5.02 Å². The number of nitrogens with zero attached hydrogens (tertiary/aromatic N) is 7. The van der Waals surface area contributed by atoms with E-state index in [1.807, 2.05) is 50.3 Å². The monoisotopic (exact) mass is 1050 g/mol. The van der Waals surface area contributed by atoms with Crippen LogP contribution in [0.4, 0.5) is 30.5 Å². The van der Waals surface area contributed by atoms with Crippen molar-refractivity contribution in [3.8, 4) is 11.5 Å². The van der Waals surface area contributed by atoms with Crippen LogP contribution in [-0.4, -0.2) is 84.0 Å². The normalized spacial score (nSPS) is 13.6. The Bertz CT molecular complexity index is 3090. The molecule has 0 radical (unpaired) electrons. The van der Waals surface area contributed by atoms with Gasteiger partial charge < -0.3 is 35.9 Å². The molecule has 3 aromatic carbocycles. The van der Waals surface area contributed by atoms with E-state index in [1.165, 1.54) is 30.3 Å². The number of hydrogen-bond donors (Lipinski definition) is 3. The number of nitrogen functional groups attached to an aromatic ring is 2. The molecule has 0 aliphatic carbocycles. The molecule has 5 N–H and O–H groups in total. The van der Waals surface area contributed by atoms with E-state index >= 15 is 8.78 Å². The molecule has 0 saturated carbocycles. The Morgan fingerprint density at radius 1 is 0.736 bits per heavy atom. The summed E-state index contributed by atoms with van der Waals surface area (Å²) in [5.74, 6) is -1.49. The molecule has 0 unspecified atom stereocenters. The maximum atomic E-state index is 15.5. The van der Waals surface area contributed by atoms with Crippen LogP contribution in [0.1, 0.15) is 127 Å². The van der Waals surface area contributed by atoms with Gasteiger partial charge in [-0.25, -0.2) is 33.1 Å². The molecular formula is C51H62ClF3N10O5S2. The maximum Gasteiger partial charge on any atom is 0.262 e. The number of likely N-dealkylation sites (tertiary alicyclic amines) is 1. The second-order valence-corrected chi connectivity index (χ2v) is 18.3. The molecule has 7 aromatic rings. The number of amides is 2. The lowest BCUT2D eigenvalue weighted by atomic mass is 9.93. The minimum absolute atomic E-state index is 0. The topological polar surface area (TPSA) is 190 Å². The number of carbonyl (C=O) groups is 2. The molecule has 15 nitrogen and oxygen atoms in total. The molecule has 386 valence electrons. The van der Waals surface area contributed by atoms with E-state index in [0.717, 1.165) is 0 Å². The van der Waals surface area contributed by atoms with E-state index in [1.54, 1.807) is 63.6 Å². The molecular weight excluding hydrogens is 989 g/mol. The SMILES string of the molecule is COC1CCN(C(=O)c2c(F)c(Cl)cc([C@H](C)c3nc(C)c4c(N)nccn34)c2OC(C)C)CC1.Cc1cc([C@H](C)c2nc(C)c3c(N)nccn23)c(OC(C)C)c(C(=O)Nc2ccc(F)cc2)c1F.S.S. The maximum absolute atomic E-state index is 15.5. The first-order valence-electron chi connectivity index (χ1n) is 23.0. The zero-order valence-corrected chi connectivity index (χ0v) is 44.6. The number of imidazole rings is 2. The predicted molar refractivity (Wildman–Crippen MR) is 284 cm³/mol. The quantitative estimate of drug-likeness (QED) is 0.106. The van der Waals surface area contributed by atoms with E-state index in [4.69, 9.17) is 47.2 Å². The first kappa shape index (κ1) is 56.7. The van der Waals surface area contributed by atoms with E-state index in [9.17, 15) is 14.0 Å². The summed E-state index contributed by atoms with van der Waals surface area (Å²) in [6.07, 6.45) is 7.54. The minimum Gasteiger partial charge on any atom is -0.490 e. The average Bonchev–Trinajstić information content (AvgIpc) is 3.85. The molecule has 2 atom stereocenters. The van der Waals surface area contributed by atoms with E-state index in [0.29, 0.717) is 88.5 Å². The molecule has 0 bridgehead atoms. The standard InChI is InChI=1S/C26H27F2N5O2.C25H31ClFN5O3.2H2S/c1-13(2)35-23-19(15(4)25-31-16(5)22-24(29)30-10-11-33(22)25)12-14(3)21(28)20(23)26(34)32-18-8-6-17(27)7-9-18;1-13(2)35-22-17(14(3)24-30-15(4)21-23(28)29-8-11-32(21)24)12-18(26)20(27)19(22)25(33)31-9-6-16(34-5)7-10-31;;/h6-13,15H,1-5H3,(H2,29,30)(H,32,34);8,11-14,16H,6-7,9-10H2,1-5H3,(H2,28,29);2*1H2/t15-;14-;;/m00../s1. The number of benzene rings is 3. The number of piperidine rings is 1. The van der Waals surface area contributed by atoms with Crippen molar-refractivity contribution in [2.24, 2.45) is 0 Å². The summed E-state index contributed by atoms with van der Waals surface area (Å²) in [6, 6.07) is 8.44. The molecule has 0 spiro atoms. The number of anilines is 3. The molecule has 1 aliphatic rings.